The van der Waals surface area contributed by atoms with Gasteiger partial charge in [0.1, 0.15) is 0 Å². The van der Waals surface area contributed by atoms with Gasteiger partial charge in [0.05, 0.1) is 0 Å². The molecule has 0 spiro atoms. The van der Waals surface area contributed by atoms with Crippen molar-refractivity contribution in [3.63, 3.8) is 0 Å². The van der Waals surface area contributed by atoms with Gasteiger partial charge in [0.15, 0.2) is 0 Å². The fourth-order valence-electron chi connectivity index (χ4n) is 10.0. The molecule has 2 unspecified atom stereocenters. The van der Waals surface area contributed by atoms with Crippen LogP contribution in [-0.2, 0) is 19.4 Å². The Morgan fingerprint density at radius 1 is 0.516 bits per heavy atom. The van der Waals surface area contributed by atoms with Gasteiger partial charge in [0.25, 0.3) is 0 Å². The third-order valence-electron chi connectivity index (χ3n) is 13.3. The van der Waals surface area contributed by atoms with Gasteiger partial charge in [0.2, 0.25) is 0 Å². The van der Waals surface area contributed by atoms with Crippen molar-refractivity contribution < 1.29 is 63.3 Å². The van der Waals surface area contributed by atoms with Crippen molar-refractivity contribution in [3.8, 4) is 11.1 Å². The van der Waals surface area contributed by atoms with Gasteiger partial charge in [0, 0.05) is 0 Å². The summed E-state index contributed by atoms with van der Waals surface area (Å²) < 4.78 is 158. The quantitative estimate of drug-likeness (QED) is 0.0674. The third-order valence-corrected chi connectivity index (χ3v) is 48.5. The van der Waals surface area contributed by atoms with E-state index in [2.05, 4.69) is 53.5 Å². The van der Waals surface area contributed by atoms with Crippen molar-refractivity contribution in [2.24, 2.45) is 0 Å². The molecule has 0 heterocycles. The van der Waals surface area contributed by atoms with E-state index in [0.717, 1.165) is 32.7 Å². The molecule has 13 heteroatoms. The van der Waals surface area contributed by atoms with Crippen molar-refractivity contribution in [3.05, 3.63) is 194 Å². The van der Waals surface area contributed by atoms with E-state index in [-0.39, 0.29) is 42.1 Å². The van der Waals surface area contributed by atoms with Crippen LogP contribution in [0, 0.1) is 58.2 Å². The molecule has 9 rings (SSSR count). The number of benzene rings is 7. The molecular formula is C49H33BF10SiZr. The topological polar surface area (TPSA) is 0 Å². The van der Waals surface area contributed by atoms with Crippen LogP contribution < -0.4 is 5.19 Å². The SMILES string of the molecule is CC1=Cc2c(ccc3ccccc23)[CH]1[Zr]([CH3])([CH3])[Si](C)(/B=C1\C(C)=C(c2c(F)c(F)c(F)c(F)c2F)c2c1cc(-c1c(F)c(F)c(F)c(F)c1F)c1ccccc21)c1ccccc1. The first-order chi connectivity index (χ1) is 29.4. The first kappa shape index (κ1) is 42.2. The Kier molecular flexibility index (Phi) is 10.2. The second kappa shape index (κ2) is 15.0. The van der Waals surface area contributed by atoms with Crippen LogP contribution in [-0.4, -0.2) is 17.0 Å². The summed E-state index contributed by atoms with van der Waals surface area (Å²) in [6.07, 6.45) is 2.22. The molecule has 0 aliphatic heterocycles. The molecule has 0 radical (unpaired) electrons. The summed E-state index contributed by atoms with van der Waals surface area (Å²) in [5.41, 5.74) is 0.646. The van der Waals surface area contributed by atoms with E-state index in [0.29, 0.717) is 0 Å². The maximum atomic E-state index is 16.1. The average Bonchev–Trinajstić information content (AvgIpc) is 3.76. The Hall–Kier alpha value is -5.13. The van der Waals surface area contributed by atoms with Crippen LogP contribution in [0.4, 0.5) is 43.9 Å². The fourth-order valence-corrected chi connectivity index (χ4v) is 36.5. The molecule has 2 aliphatic rings. The van der Waals surface area contributed by atoms with E-state index in [1.165, 1.54) is 37.3 Å². The van der Waals surface area contributed by atoms with E-state index >= 15 is 26.3 Å². The normalized spacial score (nSPS) is 16.5. The predicted molar refractivity (Wildman–Crippen MR) is 227 cm³/mol. The van der Waals surface area contributed by atoms with E-state index in [1.54, 1.807) is 0 Å². The number of halogens is 10. The van der Waals surface area contributed by atoms with Crippen LogP contribution in [0.2, 0.25) is 15.8 Å². The van der Waals surface area contributed by atoms with Gasteiger partial charge in [-0.1, -0.05) is 0 Å². The second-order valence-corrected chi connectivity index (χ2v) is 45.2. The molecule has 7 aromatic rings. The average molecular weight is 942 g/mol. The van der Waals surface area contributed by atoms with Crippen molar-refractivity contribution in [2.45, 2.75) is 33.3 Å². The van der Waals surface area contributed by atoms with Crippen LogP contribution in [0.5, 0.6) is 0 Å². The first-order valence-corrected chi connectivity index (χ1v) is 32.3. The second-order valence-electron chi connectivity index (χ2n) is 16.7. The van der Waals surface area contributed by atoms with Gasteiger partial charge in [-0.15, -0.1) is 0 Å². The molecule has 310 valence electrons. The third kappa shape index (κ3) is 5.93. The molecule has 0 fully saturated rings. The van der Waals surface area contributed by atoms with Crippen LogP contribution in [0.25, 0.3) is 44.3 Å². The molecule has 0 aromatic heterocycles. The zero-order valence-electron chi connectivity index (χ0n) is 33.7. The van der Waals surface area contributed by atoms with Gasteiger partial charge < -0.3 is 0 Å². The van der Waals surface area contributed by atoms with Gasteiger partial charge >= 0.3 is 357 Å². The first-order valence-electron chi connectivity index (χ1n) is 19.7. The molecule has 2 atom stereocenters. The molecule has 0 nitrogen and oxygen atoms in total. The minimum absolute atomic E-state index is 0.0120. The van der Waals surface area contributed by atoms with Crippen LogP contribution >= 0.6 is 0 Å². The van der Waals surface area contributed by atoms with Crippen LogP contribution in [0.1, 0.15) is 45.3 Å². The number of rotatable bonds is 6. The monoisotopic (exact) mass is 940 g/mol. The van der Waals surface area contributed by atoms with E-state index in [1.807, 2.05) is 48.5 Å². The van der Waals surface area contributed by atoms with Crippen molar-refractivity contribution in [1.82, 2.24) is 0 Å². The van der Waals surface area contributed by atoms with Crippen molar-refractivity contribution in [1.29, 1.82) is 0 Å². The molecule has 7 aromatic carbocycles. The Morgan fingerprint density at radius 3 is 1.61 bits per heavy atom. The van der Waals surface area contributed by atoms with Crippen LogP contribution in [0.15, 0.2) is 108 Å². The zero-order valence-corrected chi connectivity index (χ0v) is 37.2. The fraction of sp³-hybridized carbons (Fsp3) is 0.122. The molecule has 0 saturated heterocycles. The summed E-state index contributed by atoms with van der Waals surface area (Å²) in [6, 6.07) is 28.9. The summed E-state index contributed by atoms with van der Waals surface area (Å²) in [5.74, 6) is -21.8. The Morgan fingerprint density at radius 2 is 1.02 bits per heavy atom. The minimum atomic E-state index is -3.90. The van der Waals surface area contributed by atoms with E-state index < -0.39 is 99.4 Å². The zero-order chi connectivity index (χ0) is 44.3. The van der Waals surface area contributed by atoms with Gasteiger partial charge in [-0.25, -0.2) is 0 Å². The summed E-state index contributed by atoms with van der Waals surface area (Å²) in [7, 11) is 0. The summed E-state index contributed by atoms with van der Waals surface area (Å²) >= 11 is -3.90. The molecule has 0 saturated carbocycles. The van der Waals surface area contributed by atoms with Crippen molar-refractivity contribution >= 4 is 55.4 Å². The van der Waals surface area contributed by atoms with Gasteiger partial charge in [-0.05, 0) is 0 Å². The predicted octanol–water partition coefficient (Wildman–Crippen LogP) is 13.5. The molecular weight excluding hydrogens is 909 g/mol. The van der Waals surface area contributed by atoms with E-state index in [9.17, 15) is 17.6 Å². The van der Waals surface area contributed by atoms with Gasteiger partial charge in [-0.2, -0.15) is 0 Å². The Balaban J connectivity index is 1.41. The summed E-state index contributed by atoms with van der Waals surface area (Å²) in [5, 5.41) is -0.0154. The standard InChI is InChI=1S/C33H16BF10Si.C14H11.2CH3.Zr/c1-13-19(22-26(37)30(41)33(44)31(42)27(22)38)20-16-11-7-6-10-15(16)17(21-24(35)28(39)32(43)29(40)25(21)36)12-18(20)23(13)34-45(2)14-8-4-3-5-9-14;1-10-8-12-7-6-11-4-2-3-5-13(11)14(12)9-10;;;/h3-12H,1-2H3;2-9H,1H3;2*1H3;. The Bertz CT molecular complexity index is 3160. The Labute approximate surface area is 355 Å². The molecule has 2 aliphatic carbocycles. The molecule has 0 bridgehead atoms. The van der Waals surface area contributed by atoms with E-state index in [4.69, 9.17) is 0 Å². The number of hydrogen-bond acceptors (Lipinski definition) is 0. The maximum absolute atomic E-state index is 16.1. The number of fused-ring (bicyclic) bond motifs is 6. The van der Waals surface area contributed by atoms with Crippen LogP contribution in [0.3, 0.4) is 0 Å². The summed E-state index contributed by atoms with van der Waals surface area (Å²) in [4.78, 5) is 0. The van der Waals surface area contributed by atoms with Crippen molar-refractivity contribution in [2.75, 3.05) is 0 Å². The number of allylic oxidation sites excluding steroid dienone is 2. The summed E-state index contributed by atoms with van der Waals surface area (Å²) in [6.45, 7) is 7.82. The molecule has 0 N–H and O–H groups in total. The molecule has 0 amide bonds. The van der Waals surface area contributed by atoms with Gasteiger partial charge in [-0.3, -0.25) is 0 Å². The molecule has 62 heavy (non-hydrogen) atoms. The number of hydrogen-bond donors (Lipinski definition) is 0.